The number of hydrogen-bond acceptors (Lipinski definition) is 10. The Balaban J connectivity index is 1.87. The highest BCUT2D eigenvalue weighted by Crippen LogP contribution is 2.26. The van der Waals surface area contributed by atoms with Gasteiger partial charge >= 0.3 is 0 Å². The molecule has 0 aliphatic heterocycles. The molecule has 32 heavy (non-hydrogen) atoms. The Labute approximate surface area is 184 Å². The summed E-state index contributed by atoms with van der Waals surface area (Å²) in [5, 5.41) is 38.5. The standard InChI is InChI=1S/C18H25N7O6S/c1-31-18(15(28)13(27)7-23-32(19,29)30)25-10-22-14-16(20-9-21-17(14)25)24-12(8-26)11-5-3-2-4-6-11/h2-6,9-10,12-13,15,18,23,26-28H,7-8H2,1H3,(H2,19,29,30)(H,20,21,24)/t12-,13-,15-,18-/m1/s1. The maximum atomic E-state index is 11.0. The third kappa shape index (κ3) is 5.55. The zero-order valence-electron chi connectivity index (χ0n) is 17.1. The van der Waals surface area contributed by atoms with Crippen LogP contribution in [0.3, 0.4) is 0 Å². The number of nitrogens with one attached hydrogen (secondary N) is 2. The van der Waals surface area contributed by atoms with E-state index in [2.05, 4.69) is 20.3 Å². The minimum Gasteiger partial charge on any atom is -0.394 e. The van der Waals surface area contributed by atoms with Crippen LogP contribution in [-0.4, -0.2) is 75.7 Å². The van der Waals surface area contributed by atoms with Crippen molar-refractivity contribution in [2.45, 2.75) is 24.5 Å². The monoisotopic (exact) mass is 467 g/mol. The van der Waals surface area contributed by atoms with Crippen LogP contribution in [0.1, 0.15) is 17.8 Å². The first-order valence-corrected chi connectivity index (χ1v) is 11.1. The van der Waals surface area contributed by atoms with Gasteiger partial charge in [-0.25, -0.2) is 20.1 Å². The van der Waals surface area contributed by atoms with E-state index in [1.807, 2.05) is 35.1 Å². The van der Waals surface area contributed by atoms with E-state index >= 15 is 0 Å². The maximum Gasteiger partial charge on any atom is 0.274 e. The third-order valence-corrected chi connectivity index (χ3v) is 5.32. The summed E-state index contributed by atoms with van der Waals surface area (Å²) in [6.45, 7) is -0.720. The number of aliphatic hydroxyl groups is 3. The molecule has 2 heterocycles. The molecular weight excluding hydrogens is 442 g/mol. The molecule has 3 rings (SSSR count). The number of rotatable bonds is 11. The Bertz CT molecular complexity index is 1130. The van der Waals surface area contributed by atoms with Crippen molar-refractivity contribution < 1.29 is 28.5 Å². The summed E-state index contributed by atoms with van der Waals surface area (Å²) < 4.78 is 30.7. The molecule has 14 heteroatoms. The van der Waals surface area contributed by atoms with Gasteiger partial charge in [-0.3, -0.25) is 4.57 Å². The molecular formula is C18H25N7O6S. The van der Waals surface area contributed by atoms with Crippen LogP contribution in [0.4, 0.5) is 5.82 Å². The van der Waals surface area contributed by atoms with Crippen LogP contribution in [0.15, 0.2) is 43.0 Å². The molecule has 7 N–H and O–H groups in total. The molecule has 174 valence electrons. The Kier molecular flexibility index (Phi) is 7.68. The lowest BCUT2D eigenvalue weighted by atomic mass is 10.1. The van der Waals surface area contributed by atoms with Crippen LogP contribution in [0.25, 0.3) is 11.2 Å². The van der Waals surface area contributed by atoms with Crippen LogP contribution in [0, 0.1) is 0 Å². The molecule has 0 radical (unpaired) electrons. The van der Waals surface area contributed by atoms with E-state index in [1.165, 1.54) is 24.3 Å². The summed E-state index contributed by atoms with van der Waals surface area (Å²) in [6, 6.07) is 8.84. The van der Waals surface area contributed by atoms with Gasteiger partial charge in [0.1, 0.15) is 12.4 Å². The van der Waals surface area contributed by atoms with Crippen molar-refractivity contribution in [1.29, 1.82) is 0 Å². The summed E-state index contributed by atoms with van der Waals surface area (Å²) in [6.07, 6.45) is -1.61. The number of nitrogens with two attached hydrogens (primary N) is 1. The van der Waals surface area contributed by atoms with Gasteiger partial charge in [0, 0.05) is 13.7 Å². The SMILES string of the molecule is CO[C@H]([C@H](O)[C@H](O)CNS(N)(=O)=O)n1cnc2c(N[C@H](CO)c3ccccc3)ncnc21. The number of aromatic nitrogens is 4. The topological polar surface area (TPSA) is 198 Å². The normalized spacial score (nSPS) is 15.9. The van der Waals surface area contributed by atoms with E-state index in [0.29, 0.717) is 11.3 Å². The lowest BCUT2D eigenvalue weighted by Crippen LogP contribution is -2.45. The fraction of sp³-hybridized carbons (Fsp3) is 0.389. The van der Waals surface area contributed by atoms with Crippen molar-refractivity contribution in [3.63, 3.8) is 0 Å². The highest BCUT2D eigenvalue weighted by atomic mass is 32.2. The van der Waals surface area contributed by atoms with Gasteiger partial charge in [0.25, 0.3) is 10.2 Å². The van der Waals surface area contributed by atoms with E-state index in [4.69, 9.17) is 9.88 Å². The molecule has 0 unspecified atom stereocenters. The number of anilines is 1. The molecule has 1 aromatic carbocycles. The number of methoxy groups -OCH3 is 1. The fourth-order valence-corrected chi connectivity index (χ4v) is 3.56. The highest BCUT2D eigenvalue weighted by Gasteiger charge is 2.30. The predicted octanol–water partition coefficient (Wildman–Crippen LogP) is -1.37. The second-order valence-electron chi connectivity index (χ2n) is 6.91. The lowest BCUT2D eigenvalue weighted by Gasteiger charge is -2.26. The molecule has 0 aliphatic carbocycles. The number of imidazole rings is 1. The molecule has 0 amide bonds. The zero-order valence-corrected chi connectivity index (χ0v) is 17.9. The molecule has 4 atom stereocenters. The average Bonchev–Trinajstić information content (AvgIpc) is 3.21. The van der Waals surface area contributed by atoms with Crippen molar-refractivity contribution in [2.24, 2.45) is 5.14 Å². The van der Waals surface area contributed by atoms with Crippen molar-refractivity contribution in [1.82, 2.24) is 24.2 Å². The van der Waals surface area contributed by atoms with Crippen LogP contribution in [0.2, 0.25) is 0 Å². The van der Waals surface area contributed by atoms with Crippen molar-refractivity contribution >= 4 is 27.2 Å². The second kappa shape index (κ2) is 10.3. The first-order chi connectivity index (χ1) is 15.2. The predicted molar refractivity (Wildman–Crippen MR) is 114 cm³/mol. The van der Waals surface area contributed by atoms with E-state index < -0.39 is 41.2 Å². The van der Waals surface area contributed by atoms with Gasteiger partial charge in [-0.1, -0.05) is 30.3 Å². The largest absolute Gasteiger partial charge is 0.394 e. The minimum absolute atomic E-state index is 0.196. The highest BCUT2D eigenvalue weighted by molar-refractivity contribution is 7.87. The maximum absolute atomic E-state index is 11.0. The van der Waals surface area contributed by atoms with E-state index in [0.717, 1.165) is 5.56 Å². The van der Waals surface area contributed by atoms with Crippen molar-refractivity contribution in [3.8, 4) is 0 Å². The second-order valence-corrected chi connectivity index (χ2v) is 8.29. The number of aliphatic hydroxyl groups excluding tert-OH is 3. The fourth-order valence-electron chi connectivity index (χ4n) is 3.16. The van der Waals surface area contributed by atoms with Gasteiger partial charge in [-0.2, -0.15) is 13.1 Å². The van der Waals surface area contributed by atoms with Gasteiger partial charge < -0.3 is 25.4 Å². The average molecular weight is 468 g/mol. The van der Waals surface area contributed by atoms with Crippen molar-refractivity contribution in [3.05, 3.63) is 48.5 Å². The molecule has 0 saturated carbocycles. The van der Waals surface area contributed by atoms with E-state index in [-0.39, 0.29) is 12.3 Å². The summed E-state index contributed by atoms with van der Waals surface area (Å²) in [5.41, 5.74) is 1.47. The molecule has 13 nitrogen and oxygen atoms in total. The van der Waals surface area contributed by atoms with Gasteiger partial charge in [0.05, 0.1) is 25.1 Å². The van der Waals surface area contributed by atoms with E-state index in [9.17, 15) is 23.7 Å². The van der Waals surface area contributed by atoms with Gasteiger partial charge in [-0.05, 0) is 5.56 Å². The van der Waals surface area contributed by atoms with E-state index in [1.54, 1.807) is 0 Å². The smallest absolute Gasteiger partial charge is 0.274 e. The summed E-state index contributed by atoms with van der Waals surface area (Å²) in [5.74, 6) is 0.345. The van der Waals surface area contributed by atoms with Crippen LogP contribution < -0.4 is 15.2 Å². The van der Waals surface area contributed by atoms with Crippen LogP contribution in [-0.2, 0) is 14.9 Å². The first kappa shape index (κ1) is 23.9. The molecule has 0 fully saturated rings. The first-order valence-electron chi connectivity index (χ1n) is 9.51. The lowest BCUT2D eigenvalue weighted by molar-refractivity contribution is -0.105. The third-order valence-electron chi connectivity index (χ3n) is 4.75. The van der Waals surface area contributed by atoms with Crippen LogP contribution in [0.5, 0.6) is 0 Å². The number of benzene rings is 1. The summed E-state index contributed by atoms with van der Waals surface area (Å²) in [4.78, 5) is 12.7. The molecule has 3 aromatic rings. The Morgan fingerprint density at radius 3 is 2.53 bits per heavy atom. The Hall–Kier alpha value is -2.72. The molecule has 0 aliphatic rings. The van der Waals surface area contributed by atoms with Gasteiger partial charge in [0.15, 0.2) is 23.2 Å². The Morgan fingerprint density at radius 1 is 1.19 bits per heavy atom. The van der Waals surface area contributed by atoms with Crippen molar-refractivity contribution in [2.75, 3.05) is 25.6 Å². The molecule has 0 spiro atoms. The quantitative estimate of drug-likeness (QED) is 0.196. The van der Waals surface area contributed by atoms with Gasteiger partial charge in [-0.15, -0.1) is 0 Å². The zero-order chi connectivity index (χ0) is 23.3. The van der Waals surface area contributed by atoms with Gasteiger partial charge in [0.2, 0.25) is 0 Å². The molecule has 2 aromatic heterocycles. The molecule has 0 bridgehead atoms. The molecule has 0 saturated heterocycles. The van der Waals surface area contributed by atoms with Crippen LogP contribution >= 0.6 is 0 Å². The number of fused-ring (bicyclic) bond motifs is 1. The minimum atomic E-state index is -4.05. The summed E-state index contributed by atoms with van der Waals surface area (Å²) >= 11 is 0. The Morgan fingerprint density at radius 2 is 1.91 bits per heavy atom. The number of hydrogen-bond donors (Lipinski definition) is 6. The summed E-state index contributed by atoms with van der Waals surface area (Å²) in [7, 11) is -2.74. The number of nitrogens with zero attached hydrogens (tertiary/aromatic N) is 4. The number of ether oxygens (including phenoxy) is 1.